The minimum Gasteiger partial charge on any atom is -0.444 e. The molecule has 0 saturated carbocycles. The first kappa shape index (κ1) is 26.2. The van der Waals surface area contributed by atoms with Crippen molar-refractivity contribution in [3.63, 3.8) is 0 Å². The molecule has 3 amide bonds. The molecule has 2 N–H and O–H groups in total. The van der Waals surface area contributed by atoms with Crippen LogP contribution in [0.5, 0.6) is 0 Å². The first-order chi connectivity index (χ1) is 16.5. The quantitative estimate of drug-likeness (QED) is 0.623. The summed E-state index contributed by atoms with van der Waals surface area (Å²) in [5, 5.41) is 9.96. The van der Waals surface area contributed by atoms with Crippen molar-refractivity contribution in [3.05, 3.63) is 47.3 Å². The normalized spacial score (nSPS) is 14.8. The number of likely N-dealkylation sites (tertiary alicyclic amines) is 1. The van der Waals surface area contributed by atoms with Crippen molar-refractivity contribution in [2.75, 3.05) is 18.4 Å². The van der Waals surface area contributed by atoms with Gasteiger partial charge in [-0.1, -0.05) is 12.1 Å². The van der Waals surface area contributed by atoms with Crippen molar-refractivity contribution in [1.29, 1.82) is 0 Å². The fraction of sp³-hybridized carbons (Fsp3) is 0.538. The molecule has 9 nitrogen and oxygen atoms in total. The van der Waals surface area contributed by atoms with Crippen LogP contribution in [0.25, 0.3) is 0 Å². The SMILES string of the molecule is Cc1cc(C(=O)Nc2ccc(CC(CC(=O)N3CCCCC3)NC(=O)OC(C)(C)C)cc2)n(C)n1. The summed E-state index contributed by atoms with van der Waals surface area (Å²) in [5.41, 5.74) is 2.21. The van der Waals surface area contributed by atoms with Gasteiger partial charge in [-0.15, -0.1) is 0 Å². The third-order valence-electron chi connectivity index (χ3n) is 5.78. The summed E-state index contributed by atoms with van der Waals surface area (Å²) in [4.78, 5) is 39.8. The molecule has 1 unspecified atom stereocenters. The van der Waals surface area contributed by atoms with E-state index in [0.29, 0.717) is 17.8 Å². The second-order valence-corrected chi connectivity index (χ2v) is 10.1. The Balaban J connectivity index is 1.65. The van der Waals surface area contributed by atoms with E-state index in [-0.39, 0.29) is 18.2 Å². The molecule has 9 heteroatoms. The van der Waals surface area contributed by atoms with Gasteiger partial charge in [0.1, 0.15) is 11.3 Å². The Kier molecular flexibility index (Phi) is 8.53. The van der Waals surface area contributed by atoms with Crippen LogP contribution >= 0.6 is 0 Å². The molecular formula is C26H37N5O4. The van der Waals surface area contributed by atoms with E-state index in [0.717, 1.165) is 43.6 Å². The molecule has 1 saturated heterocycles. The Hall–Kier alpha value is -3.36. The smallest absolute Gasteiger partial charge is 0.407 e. The van der Waals surface area contributed by atoms with Gasteiger partial charge in [0.25, 0.3) is 5.91 Å². The number of benzene rings is 1. The summed E-state index contributed by atoms with van der Waals surface area (Å²) >= 11 is 0. The third kappa shape index (κ3) is 8.12. The van der Waals surface area contributed by atoms with Crippen molar-refractivity contribution in [2.24, 2.45) is 7.05 Å². The Morgan fingerprint density at radius 2 is 1.74 bits per heavy atom. The van der Waals surface area contributed by atoms with Gasteiger partial charge in [-0.25, -0.2) is 4.79 Å². The zero-order valence-electron chi connectivity index (χ0n) is 21.4. The molecule has 1 fully saturated rings. The van der Waals surface area contributed by atoms with Gasteiger partial charge in [0, 0.05) is 38.3 Å². The summed E-state index contributed by atoms with van der Waals surface area (Å²) in [6, 6.07) is 8.73. The molecule has 190 valence electrons. The number of amides is 3. The van der Waals surface area contributed by atoms with E-state index in [2.05, 4.69) is 15.7 Å². The van der Waals surface area contributed by atoms with E-state index in [1.165, 1.54) is 0 Å². The molecule has 0 radical (unpaired) electrons. The van der Waals surface area contributed by atoms with Gasteiger partial charge in [0.15, 0.2) is 0 Å². The number of nitrogens with zero attached hydrogens (tertiary/aromatic N) is 3. The molecule has 1 atom stereocenters. The van der Waals surface area contributed by atoms with E-state index in [1.807, 2.05) is 36.1 Å². The highest BCUT2D eigenvalue weighted by Gasteiger charge is 2.25. The first-order valence-electron chi connectivity index (χ1n) is 12.2. The van der Waals surface area contributed by atoms with Crippen LogP contribution in [0.1, 0.15) is 68.2 Å². The Labute approximate surface area is 207 Å². The molecule has 2 aromatic rings. The highest BCUT2D eigenvalue weighted by molar-refractivity contribution is 6.03. The molecule has 1 aromatic heterocycles. The van der Waals surface area contributed by atoms with Crippen LogP contribution in [0.15, 0.2) is 30.3 Å². The highest BCUT2D eigenvalue weighted by atomic mass is 16.6. The average molecular weight is 484 g/mol. The van der Waals surface area contributed by atoms with Crippen LogP contribution < -0.4 is 10.6 Å². The number of ether oxygens (including phenoxy) is 1. The number of anilines is 1. The van der Waals surface area contributed by atoms with Gasteiger partial charge in [-0.3, -0.25) is 14.3 Å². The predicted molar refractivity (Wildman–Crippen MR) is 134 cm³/mol. The van der Waals surface area contributed by atoms with Gasteiger partial charge in [-0.05, 0) is 77.1 Å². The molecular weight excluding hydrogens is 446 g/mol. The van der Waals surface area contributed by atoms with Gasteiger partial charge < -0.3 is 20.3 Å². The molecule has 3 rings (SSSR count). The minimum absolute atomic E-state index is 0.0427. The topological polar surface area (TPSA) is 106 Å². The maximum atomic E-state index is 12.9. The van der Waals surface area contributed by atoms with Gasteiger partial charge >= 0.3 is 6.09 Å². The second kappa shape index (κ2) is 11.4. The maximum absolute atomic E-state index is 12.9. The highest BCUT2D eigenvalue weighted by Crippen LogP contribution is 2.17. The monoisotopic (exact) mass is 483 g/mol. The lowest BCUT2D eigenvalue weighted by molar-refractivity contribution is -0.132. The average Bonchev–Trinajstić information content (AvgIpc) is 3.12. The van der Waals surface area contributed by atoms with Crippen molar-refractivity contribution in [3.8, 4) is 0 Å². The summed E-state index contributed by atoms with van der Waals surface area (Å²) < 4.78 is 6.97. The fourth-order valence-corrected chi connectivity index (χ4v) is 4.16. The molecule has 1 aromatic carbocycles. The van der Waals surface area contributed by atoms with Crippen LogP contribution in [-0.4, -0.2) is 57.3 Å². The zero-order chi connectivity index (χ0) is 25.6. The van der Waals surface area contributed by atoms with Crippen molar-refractivity contribution in [2.45, 2.75) is 71.4 Å². The van der Waals surface area contributed by atoms with E-state index in [1.54, 1.807) is 38.6 Å². The first-order valence-corrected chi connectivity index (χ1v) is 12.2. The van der Waals surface area contributed by atoms with Crippen LogP contribution in [0.2, 0.25) is 0 Å². The van der Waals surface area contributed by atoms with E-state index < -0.39 is 17.7 Å². The standard InChI is InChI=1S/C26H37N5O4/c1-18-15-22(30(5)29-18)24(33)27-20-11-9-19(10-12-20)16-21(28-25(34)35-26(2,3)4)17-23(32)31-13-7-6-8-14-31/h9-12,15,21H,6-8,13-14,16-17H2,1-5H3,(H,27,33)(H,28,34). The van der Waals surface area contributed by atoms with E-state index in [9.17, 15) is 14.4 Å². The minimum atomic E-state index is -0.627. The summed E-state index contributed by atoms with van der Waals surface area (Å²) in [6.07, 6.45) is 3.31. The number of hydrogen-bond donors (Lipinski definition) is 2. The molecule has 2 heterocycles. The van der Waals surface area contributed by atoms with Crippen molar-refractivity contribution >= 4 is 23.6 Å². The summed E-state index contributed by atoms with van der Waals surface area (Å²) in [5.74, 6) is -0.196. The number of aryl methyl sites for hydroxylation is 2. The molecule has 0 bridgehead atoms. The van der Waals surface area contributed by atoms with Crippen molar-refractivity contribution < 1.29 is 19.1 Å². The largest absolute Gasteiger partial charge is 0.444 e. The molecule has 0 spiro atoms. The Morgan fingerprint density at radius 3 is 2.31 bits per heavy atom. The van der Waals surface area contributed by atoms with E-state index in [4.69, 9.17) is 4.74 Å². The molecule has 1 aliphatic heterocycles. The Bertz CT molecular complexity index is 1030. The number of nitrogens with one attached hydrogen (secondary N) is 2. The zero-order valence-corrected chi connectivity index (χ0v) is 21.4. The number of aromatic nitrogens is 2. The van der Waals surface area contributed by atoms with Gasteiger partial charge in [-0.2, -0.15) is 5.10 Å². The number of alkyl carbamates (subject to hydrolysis) is 1. The molecule has 0 aliphatic carbocycles. The van der Waals surface area contributed by atoms with E-state index >= 15 is 0 Å². The lowest BCUT2D eigenvalue weighted by Crippen LogP contribution is -2.44. The third-order valence-corrected chi connectivity index (χ3v) is 5.78. The Morgan fingerprint density at radius 1 is 1.09 bits per heavy atom. The number of hydrogen-bond acceptors (Lipinski definition) is 5. The number of carbonyl (C=O) groups excluding carboxylic acids is 3. The maximum Gasteiger partial charge on any atom is 0.407 e. The predicted octanol–water partition coefficient (Wildman–Crippen LogP) is 3.82. The van der Waals surface area contributed by atoms with Crippen LogP contribution in [-0.2, 0) is 23.0 Å². The number of rotatable bonds is 7. The summed E-state index contributed by atoms with van der Waals surface area (Å²) in [6.45, 7) is 8.79. The number of piperidine rings is 1. The van der Waals surface area contributed by atoms with Gasteiger partial charge in [0.2, 0.25) is 5.91 Å². The van der Waals surface area contributed by atoms with Crippen LogP contribution in [0, 0.1) is 6.92 Å². The summed E-state index contributed by atoms with van der Waals surface area (Å²) in [7, 11) is 1.73. The lowest BCUT2D eigenvalue weighted by atomic mass is 10.0. The van der Waals surface area contributed by atoms with Gasteiger partial charge in [0.05, 0.1) is 5.69 Å². The second-order valence-electron chi connectivity index (χ2n) is 10.1. The van der Waals surface area contributed by atoms with Crippen LogP contribution in [0.3, 0.4) is 0 Å². The van der Waals surface area contributed by atoms with Crippen LogP contribution in [0.4, 0.5) is 10.5 Å². The fourth-order valence-electron chi connectivity index (χ4n) is 4.16. The molecule has 35 heavy (non-hydrogen) atoms. The molecule has 1 aliphatic rings. The van der Waals surface area contributed by atoms with Crippen molar-refractivity contribution in [1.82, 2.24) is 20.0 Å². The number of carbonyl (C=O) groups is 3. The lowest BCUT2D eigenvalue weighted by Gasteiger charge is -2.29.